The highest BCUT2D eigenvalue weighted by Crippen LogP contribution is 2.29. The second-order valence-corrected chi connectivity index (χ2v) is 10.3. The molecular weight excluding hydrogens is 474 g/mol. The van der Waals surface area contributed by atoms with Crippen LogP contribution in [0.15, 0.2) is 83.8 Å². The fourth-order valence-electron chi connectivity index (χ4n) is 3.26. The molecule has 0 saturated carbocycles. The molecule has 0 bridgehead atoms. The lowest BCUT2D eigenvalue weighted by atomic mass is 10.1. The summed E-state index contributed by atoms with van der Waals surface area (Å²) in [6.45, 7) is 1.91. The number of amides is 1. The van der Waals surface area contributed by atoms with Crippen molar-refractivity contribution in [2.45, 2.75) is 17.6 Å². The van der Waals surface area contributed by atoms with Gasteiger partial charge >= 0.3 is 0 Å². The van der Waals surface area contributed by atoms with Crippen molar-refractivity contribution in [2.24, 2.45) is 0 Å². The monoisotopic (exact) mass is 499 g/mol. The van der Waals surface area contributed by atoms with Gasteiger partial charge in [-0.25, -0.2) is 8.42 Å². The molecule has 1 amide bonds. The molecule has 1 N–H and O–H groups in total. The average molecular weight is 500 g/mol. The van der Waals surface area contributed by atoms with Crippen molar-refractivity contribution in [1.29, 1.82) is 0 Å². The SMILES string of the molecule is Cc1ccccc1CSCCNC(=O)CN(c1ccccc1)S(=O)(=O)c1ccccc1[N+](=O)[O-]. The van der Waals surface area contributed by atoms with Gasteiger partial charge in [0.1, 0.15) is 6.54 Å². The number of anilines is 1. The molecule has 0 radical (unpaired) electrons. The van der Waals surface area contributed by atoms with Gasteiger partial charge in [0.2, 0.25) is 5.91 Å². The molecule has 0 spiro atoms. The summed E-state index contributed by atoms with van der Waals surface area (Å²) >= 11 is 1.66. The Morgan fingerprint density at radius 2 is 1.65 bits per heavy atom. The average Bonchev–Trinajstić information content (AvgIpc) is 2.84. The van der Waals surface area contributed by atoms with E-state index in [-0.39, 0.29) is 5.69 Å². The van der Waals surface area contributed by atoms with E-state index in [9.17, 15) is 23.3 Å². The third-order valence-electron chi connectivity index (χ3n) is 5.05. The van der Waals surface area contributed by atoms with Crippen molar-refractivity contribution in [3.05, 3.63) is 100 Å². The fraction of sp³-hybridized carbons (Fsp3) is 0.208. The van der Waals surface area contributed by atoms with Crippen LogP contribution in [0.2, 0.25) is 0 Å². The maximum Gasteiger partial charge on any atom is 0.289 e. The molecule has 0 unspecified atom stereocenters. The number of carbonyl (C=O) groups is 1. The molecule has 0 aliphatic heterocycles. The zero-order valence-electron chi connectivity index (χ0n) is 18.6. The lowest BCUT2D eigenvalue weighted by Crippen LogP contribution is -2.41. The summed E-state index contributed by atoms with van der Waals surface area (Å²) in [6, 6.07) is 21.3. The molecule has 10 heteroatoms. The summed E-state index contributed by atoms with van der Waals surface area (Å²) in [5, 5.41) is 14.2. The summed E-state index contributed by atoms with van der Waals surface area (Å²) in [4.78, 5) is 22.9. The molecule has 0 aliphatic carbocycles. The number of carbonyl (C=O) groups excluding carboxylic acids is 1. The number of thioether (sulfide) groups is 1. The third-order valence-corrected chi connectivity index (χ3v) is 7.88. The topological polar surface area (TPSA) is 110 Å². The molecule has 0 atom stereocenters. The van der Waals surface area contributed by atoms with Crippen LogP contribution in [0.1, 0.15) is 11.1 Å². The smallest absolute Gasteiger partial charge is 0.289 e. The van der Waals surface area contributed by atoms with E-state index < -0.39 is 38.0 Å². The molecule has 0 heterocycles. The van der Waals surface area contributed by atoms with Gasteiger partial charge in [0.15, 0.2) is 4.90 Å². The van der Waals surface area contributed by atoms with Crippen LogP contribution >= 0.6 is 11.8 Å². The van der Waals surface area contributed by atoms with Crippen molar-refractivity contribution >= 4 is 39.1 Å². The van der Waals surface area contributed by atoms with Crippen LogP contribution in [-0.4, -0.2) is 38.1 Å². The van der Waals surface area contributed by atoms with Crippen molar-refractivity contribution in [3.8, 4) is 0 Å². The number of nitrogens with zero attached hydrogens (tertiary/aromatic N) is 2. The van der Waals surface area contributed by atoms with Crippen molar-refractivity contribution in [3.63, 3.8) is 0 Å². The number of benzene rings is 3. The number of para-hydroxylation sites is 2. The molecule has 34 heavy (non-hydrogen) atoms. The van der Waals surface area contributed by atoms with Crippen LogP contribution in [0.25, 0.3) is 0 Å². The maximum atomic E-state index is 13.4. The highest BCUT2D eigenvalue weighted by molar-refractivity contribution is 7.98. The van der Waals surface area contributed by atoms with Gasteiger partial charge < -0.3 is 5.32 Å². The van der Waals surface area contributed by atoms with Gasteiger partial charge in [-0.3, -0.25) is 19.2 Å². The Bertz CT molecular complexity index is 1250. The molecule has 3 aromatic carbocycles. The molecular formula is C24H25N3O5S2. The van der Waals surface area contributed by atoms with Crippen LogP contribution in [0.3, 0.4) is 0 Å². The van der Waals surface area contributed by atoms with Gasteiger partial charge in [-0.05, 0) is 36.2 Å². The van der Waals surface area contributed by atoms with Gasteiger partial charge in [0.25, 0.3) is 15.7 Å². The van der Waals surface area contributed by atoms with E-state index >= 15 is 0 Å². The Hall–Kier alpha value is -3.37. The first-order valence-electron chi connectivity index (χ1n) is 10.5. The molecule has 0 aromatic heterocycles. The number of hydrogen-bond donors (Lipinski definition) is 1. The summed E-state index contributed by atoms with van der Waals surface area (Å²) < 4.78 is 27.7. The van der Waals surface area contributed by atoms with Crippen molar-refractivity contribution < 1.29 is 18.1 Å². The number of nitro benzene ring substituents is 1. The molecule has 3 rings (SSSR count). The summed E-state index contributed by atoms with van der Waals surface area (Å²) in [5.74, 6) is 0.968. The van der Waals surface area contributed by atoms with E-state index in [0.29, 0.717) is 12.3 Å². The van der Waals surface area contributed by atoms with E-state index in [0.717, 1.165) is 16.1 Å². The van der Waals surface area contributed by atoms with Gasteiger partial charge in [0.05, 0.1) is 10.6 Å². The molecule has 3 aromatic rings. The zero-order valence-corrected chi connectivity index (χ0v) is 20.2. The van der Waals surface area contributed by atoms with Crippen molar-refractivity contribution in [1.82, 2.24) is 5.32 Å². The lowest BCUT2D eigenvalue weighted by molar-refractivity contribution is -0.387. The summed E-state index contributed by atoms with van der Waals surface area (Å²) in [6.07, 6.45) is 0. The minimum absolute atomic E-state index is 0.240. The maximum absolute atomic E-state index is 13.4. The Labute approximate surface area is 203 Å². The Morgan fingerprint density at radius 3 is 2.35 bits per heavy atom. The Balaban J connectivity index is 1.69. The van der Waals surface area contributed by atoms with Crippen LogP contribution < -0.4 is 9.62 Å². The van der Waals surface area contributed by atoms with Gasteiger partial charge in [-0.2, -0.15) is 11.8 Å². The molecule has 8 nitrogen and oxygen atoms in total. The quantitative estimate of drug-likeness (QED) is 0.241. The van der Waals surface area contributed by atoms with Gasteiger partial charge in [0, 0.05) is 24.1 Å². The molecule has 178 valence electrons. The standard InChI is InChI=1S/C24H25N3O5S2/c1-19-9-5-6-10-20(19)18-33-16-15-25-24(28)17-26(21-11-3-2-4-12-21)34(31,32)23-14-8-7-13-22(23)27(29)30/h2-14H,15-18H2,1H3,(H,25,28). The normalized spacial score (nSPS) is 11.1. The van der Waals surface area contributed by atoms with Gasteiger partial charge in [-0.15, -0.1) is 0 Å². The second-order valence-electron chi connectivity index (χ2n) is 7.40. The third kappa shape index (κ3) is 6.36. The molecule has 0 saturated heterocycles. The minimum atomic E-state index is -4.38. The van der Waals surface area contributed by atoms with E-state index in [4.69, 9.17) is 0 Å². The Morgan fingerprint density at radius 1 is 1.00 bits per heavy atom. The molecule has 0 fully saturated rings. The number of nitro groups is 1. The lowest BCUT2D eigenvalue weighted by Gasteiger charge is -2.24. The largest absolute Gasteiger partial charge is 0.354 e. The highest BCUT2D eigenvalue weighted by atomic mass is 32.2. The number of hydrogen-bond acceptors (Lipinski definition) is 6. The summed E-state index contributed by atoms with van der Waals surface area (Å²) in [7, 11) is -4.38. The summed E-state index contributed by atoms with van der Waals surface area (Å²) in [5.41, 5.74) is 2.13. The second kappa shape index (κ2) is 11.7. The van der Waals surface area contributed by atoms with Gasteiger partial charge in [-0.1, -0.05) is 54.6 Å². The number of rotatable bonds is 11. The predicted molar refractivity (Wildman–Crippen MR) is 134 cm³/mol. The first-order chi connectivity index (χ1) is 16.3. The predicted octanol–water partition coefficient (Wildman–Crippen LogP) is 4.15. The number of nitrogens with one attached hydrogen (secondary N) is 1. The first-order valence-corrected chi connectivity index (χ1v) is 13.1. The van der Waals surface area contributed by atoms with E-state index in [1.54, 1.807) is 30.0 Å². The van der Waals surface area contributed by atoms with Crippen LogP contribution in [0, 0.1) is 17.0 Å². The zero-order chi connectivity index (χ0) is 24.6. The minimum Gasteiger partial charge on any atom is -0.354 e. The number of sulfonamides is 1. The first kappa shape index (κ1) is 25.3. The molecule has 0 aliphatic rings. The van der Waals surface area contributed by atoms with Crippen LogP contribution in [0.5, 0.6) is 0 Å². The van der Waals surface area contributed by atoms with E-state index in [1.807, 2.05) is 25.1 Å². The Kier molecular flexibility index (Phi) is 8.67. The van der Waals surface area contributed by atoms with Crippen LogP contribution in [0.4, 0.5) is 11.4 Å². The van der Waals surface area contributed by atoms with E-state index in [1.165, 1.54) is 41.5 Å². The van der Waals surface area contributed by atoms with Crippen molar-refractivity contribution in [2.75, 3.05) is 23.1 Å². The van der Waals surface area contributed by atoms with Crippen LogP contribution in [-0.2, 0) is 20.6 Å². The number of aryl methyl sites for hydroxylation is 1. The van der Waals surface area contributed by atoms with E-state index in [2.05, 4.69) is 11.4 Å². The highest BCUT2D eigenvalue weighted by Gasteiger charge is 2.32. The fourth-order valence-corrected chi connectivity index (χ4v) is 5.77.